The first-order valence-corrected chi connectivity index (χ1v) is 7.71. The van der Waals surface area contributed by atoms with E-state index >= 15 is 0 Å². The van der Waals surface area contributed by atoms with Crippen molar-refractivity contribution >= 4 is 0 Å². The molecule has 5 heteroatoms. The molecule has 3 heterocycles. The molecule has 0 aliphatic carbocycles. The van der Waals surface area contributed by atoms with Crippen LogP contribution in [0.4, 0.5) is 0 Å². The topological polar surface area (TPSA) is 39.5 Å². The summed E-state index contributed by atoms with van der Waals surface area (Å²) < 4.78 is 13.7. The number of likely N-dealkylation sites (tertiary alicyclic amines) is 1. The second-order valence-corrected chi connectivity index (χ2v) is 5.99. The fourth-order valence-electron chi connectivity index (χ4n) is 3.31. The molecule has 2 aliphatic rings. The number of hydrogen-bond acceptors (Lipinski definition) is 4. The van der Waals surface area contributed by atoms with E-state index < -0.39 is 0 Å². The van der Waals surface area contributed by atoms with Crippen LogP contribution in [-0.4, -0.2) is 46.8 Å². The summed E-state index contributed by atoms with van der Waals surface area (Å²) >= 11 is 0. The number of rotatable bonds is 4. The van der Waals surface area contributed by atoms with Crippen molar-refractivity contribution in [3.8, 4) is 0 Å². The molecule has 0 saturated carbocycles. The minimum atomic E-state index is -0.369. The summed E-state index contributed by atoms with van der Waals surface area (Å²) in [6, 6.07) is 0. The average Bonchev–Trinajstić information content (AvgIpc) is 3.09. The first-order chi connectivity index (χ1) is 9.69. The van der Waals surface area contributed by atoms with E-state index in [0.717, 1.165) is 39.4 Å². The maximum absolute atomic E-state index is 5.83. The molecule has 20 heavy (non-hydrogen) atoms. The summed E-state index contributed by atoms with van der Waals surface area (Å²) in [5.74, 6) is 0.103. The van der Waals surface area contributed by atoms with Gasteiger partial charge in [-0.3, -0.25) is 9.58 Å². The lowest BCUT2D eigenvalue weighted by atomic mass is 9.90. The van der Waals surface area contributed by atoms with Gasteiger partial charge in [-0.15, -0.1) is 0 Å². The van der Waals surface area contributed by atoms with Crippen LogP contribution in [0.25, 0.3) is 0 Å². The van der Waals surface area contributed by atoms with Crippen molar-refractivity contribution in [2.45, 2.75) is 45.6 Å². The van der Waals surface area contributed by atoms with Crippen LogP contribution in [0.15, 0.2) is 12.4 Å². The zero-order valence-corrected chi connectivity index (χ0v) is 12.5. The summed E-state index contributed by atoms with van der Waals surface area (Å²) in [7, 11) is 0. The monoisotopic (exact) mass is 279 g/mol. The van der Waals surface area contributed by atoms with E-state index in [1.54, 1.807) is 0 Å². The predicted molar refractivity (Wildman–Crippen MR) is 76.2 cm³/mol. The lowest BCUT2D eigenvalue weighted by Crippen LogP contribution is -2.46. The van der Waals surface area contributed by atoms with Crippen LogP contribution >= 0.6 is 0 Å². The standard InChI is InChI=1S/C15H25N3O2/c1-3-18-11-13(9-16-18)10-17-6-4-5-14(12-17)15(2)19-7-8-20-15/h9,11,14H,3-8,10,12H2,1-2H3. The number of piperidine rings is 1. The zero-order valence-electron chi connectivity index (χ0n) is 12.5. The third-order valence-electron chi connectivity index (χ3n) is 4.52. The van der Waals surface area contributed by atoms with E-state index in [1.807, 2.05) is 10.9 Å². The molecule has 0 aromatic carbocycles. The van der Waals surface area contributed by atoms with Crippen LogP contribution in [0, 0.1) is 5.92 Å². The molecule has 112 valence electrons. The fraction of sp³-hybridized carbons (Fsp3) is 0.800. The van der Waals surface area contributed by atoms with Crippen LogP contribution in [0.1, 0.15) is 32.3 Å². The molecule has 0 bridgehead atoms. The Morgan fingerprint density at radius 3 is 2.90 bits per heavy atom. The summed E-state index contributed by atoms with van der Waals surface area (Å²) in [6.07, 6.45) is 6.54. The Morgan fingerprint density at radius 1 is 1.40 bits per heavy atom. The van der Waals surface area contributed by atoms with Gasteiger partial charge in [-0.25, -0.2) is 0 Å². The van der Waals surface area contributed by atoms with Gasteiger partial charge in [0, 0.05) is 37.3 Å². The highest BCUT2D eigenvalue weighted by molar-refractivity contribution is 5.04. The molecule has 3 rings (SSSR count). The van der Waals surface area contributed by atoms with Gasteiger partial charge in [-0.2, -0.15) is 5.10 Å². The highest BCUT2D eigenvalue weighted by atomic mass is 16.7. The molecule has 0 N–H and O–H groups in total. The quantitative estimate of drug-likeness (QED) is 0.843. The van der Waals surface area contributed by atoms with E-state index in [1.165, 1.54) is 18.4 Å². The second-order valence-electron chi connectivity index (χ2n) is 5.99. The molecule has 0 radical (unpaired) electrons. The van der Waals surface area contributed by atoms with Crippen LogP contribution in [0.3, 0.4) is 0 Å². The third-order valence-corrected chi connectivity index (χ3v) is 4.52. The van der Waals surface area contributed by atoms with Gasteiger partial charge in [0.15, 0.2) is 5.79 Å². The largest absolute Gasteiger partial charge is 0.347 e. The lowest BCUT2D eigenvalue weighted by Gasteiger charge is -2.39. The Balaban J connectivity index is 1.60. The SMILES string of the molecule is CCn1cc(CN2CCCC(C3(C)OCCO3)C2)cn1. The van der Waals surface area contributed by atoms with E-state index in [4.69, 9.17) is 9.47 Å². The van der Waals surface area contributed by atoms with Crippen molar-refractivity contribution in [2.24, 2.45) is 5.92 Å². The maximum atomic E-state index is 5.83. The van der Waals surface area contributed by atoms with Gasteiger partial charge in [-0.05, 0) is 33.2 Å². The molecule has 0 amide bonds. The number of hydrogen-bond donors (Lipinski definition) is 0. The van der Waals surface area contributed by atoms with Gasteiger partial charge in [-0.1, -0.05) is 0 Å². The van der Waals surface area contributed by atoms with Crippen LogP contribution in [0.5, 0.6) is 0 Å². The number of nitrogens with zero attached hydrogens (tertiary/aromatic N) is 3. The van der Waals surface area contributed by atoms with Gasteiger partial charge < -0.3 is 9.47 Å². The first kappa shape index (κ1) is 14.0. The van der Waals surface area contributed by atoms with Crippen molar-refractivity contribution in [3.05, 3.63) is 18.0 Å². The number of ether oxygens (including phenoxy) is 2. The molecule has 5 nitrogen and oxygen atoms in total. The molecule has 2 saturated heterocycles. The molecule has 1 atom stereocenters. The second kappa shape index (κ2) is 5.84. The number of aryl methyl sites for hydroxylation is 1. The highest BCUT2D eigenvalue weighted by Crippen LogP contribution is 2.34. The van der Waals surface area contributed by atoms with Crippen LogP contribution < -0.4 is 0 Å². The normalized spacial score (nSPS) is 27.0. The van der Waals surface area contributed by atoms with E-state index in [0.29, 0.717) is 5.92 Å². The fourth-order valence-corrected chi connectivity index (χ4v) is 3.31. The van der Waals surface area contributed by atoms with Crippen molar-refractivity contribution in [2.75, 3.05) is 26.3 Å². The summed E-state index contributed by atoms with van der Waals surface area (Å²) in [5, 5.41) is 4.35. The zero-order chi connectivity index (χ0) is 14.0. The minimum absolute atomic E-state index is 0.369. The van der Waals surface area contributed by atoms with Crippen LogP contribution in [-0.2, 0) is 22.6 Å². The summed E-state index contributed by atoms with van der Waals surface area (Å²) in [4.78, 5) is 2.50. The van der Waals surface area contributed by atoms with Gasteiger partial charge in [0.2, 0.25) is 0 Å². The van der Waals surface area contributed by atoms with Crippen molar-refractivity contribution < 1.29 is 9.47 Å². The van der Waals surface area contributed by atoms with E-state index in [-0.39, 0.29) is 5.79 Å². The Labute approximate surface area is 120 Å². The Bertz CT molecular complexity index is 440. The molecule has 1 aromatic rings. The summed E-state index contributed by atoms with van der Waals surface area (Å²) in [5.41, 5.74) is 1.30. The maximum Gasteiger partial charge on any atom is 0.169 e. The number of aromatic nitrogens is 2. The Morgan fingerprint density at radius 2 is 2.20 bits per heavy atom. The van der Waals surface area contributed by atoms with Gasteiger partial charge >= 0.3 is 0 Å². The van der Waals surface area contributed by atoms with Crippen LogP contribution in [0.2, 0.25) is 0 Å². The lowest BCUT2D eigenvalue weighted by molar-refractivity contribution is -0.192. The molecular formula is C15H25N3O2. The Kier molecular flexibility index (Phi) is 4.10. The molecule has 2 fully saturated rings. The smallest absolute Gasteiger partial charge is 0.169 e. The van der Waals surface area contributed by atoms with Gasteiger partial charge in [0.1, 0.15) is 0 Å². The molecule has 1 unspecified atom stereocenters. The molecule has 2 aliphatic heterocycles. The highest BCUT2D eigenvalue weighted by Gasteiger charge is 2.41. The molecule has 0 spiro atoms. The molecule has 1 aromatic heterocycles. The van der Waals surface area contributed by atoms with Gasteiger partial charge in [0.05, 0.1) is 19.4 Å². The van der Waals surface area contributed by atoms with Crippen molar-refractivity contribution in [3.63, 3.8) is 0 Å². The summed E-state index contributed by atoms with van der Waals surface area (Å²) in [6.45, 7) is 9.80. The van der Waals surface area contributed by atoms with Gasteiger partial charge in [0.25, 0.3) is 0 Å². The molecular weight excluding hydrogens is 254 g/mol. The Hall–Kier alpha value is -0.910. The van der Waals surface area contributed by atoms with Crippen molar-refractivity contribution in [1.29, 1.82) is 0 Å². The average molecular weight is 279 g/mol. The van der Waals surface area contributed by atoms with E-state index in [9.17, 15) is 0 Å². The first-order valence-electron chi connectivity index (χ1n) is 7.71. The van der Waals surface area contributed by atoms with Crippen molar-refractivity contribution in [1.82, 2.24) is 14.7 Å². The minimum Gasteiger partial charge on any atom is -0.347 e. The third kappa shape index (κ3) is 2.90. The predicted octanol–water partition coefficient (Wildman–Crippen LogP) is 1.88. The van der Waals surface area contributed by atoms with E-state index in [2.05, 4.69) is 30.0 Å².